The highest BCUT2D eigenvalue weighted by Crippen LogP contribution is 2.33. The molecule has 0 nitrogen and oxygen atoms in total. The summed E-state index contributed by atoms with van der Waals surface area (Å²) < 4.78 is 0. The van der Waals surface area contributed by atoms with Crippen LogP contribution in [-0.4, -0.2) is 5.38 Å². The Hall–Kier alpha value is -0.490. The Balaban J connectivity index is 1.97. The third-order valence-electron chi connectivity index (χ3n) is 4.42. The van der Waals surface area contributed by atoms with Crippen molar-refractivity contribution in [2.24, 2.45) is 5.92 Å². The average Bonchev–Trinajstić information content (AvgIpc) is 2.80. The predicted molar refractivity (Wildman–Crippen MR) is 80.6 cm³/mol. The maximum atomic E-state index is 6.57. The lowest BCUT2D eigenvalue weighted by molar-refractivity contribution is 0.492. The SMILES string of the molecule is Cc1cc(C)c(CCC(Cl)C2CCCC2)c(C)c1. The van der Waals surface area contributed by atoms with Gasteiger partial charge in [0, 0.05) is 5.38 Å². The number of benzene rings is 1. The van der Waals surface area contributed by atoms with E-state index in [9.17, 15) is 0 Å². The maximum Gasteiger partial charge on any atom is 0.0367 e. The van der Waals surface area contributed by atoms with Crippen molar-refractivity contribution in [3.63, 3.8) is 0 Å². The van der Waals surface area contributed by atoms with Gasteiger partial charge in [-0.25, -0.2) is 0 Å². The Morgan fingerprint density at radius 1 is 1.11 bits per heavy atom. The Labute approximate surface area is 117 Å². The zero-order chi connectivity index (χ0) is 13.1. The largest absolute Gasteiger partial charge is 0.123 e. The first-order chi connectivity index (χ1) is 8.58. The Bertz CT molecular complexity index is 379. The molecule has 0 N–H and O–H groups in total. The molecule has 1 aliphatic rings. The van der Waals surface area contributed by atoms with E-state index in [4.69, 9.17) is 11.6 Å². The zero-order valence-electron chi connectivity index (χ0n) is 11.9. The molecule has 0 aliphatic heterocycles. The molecule has 0 saturated heterocycles. The fraction of sp³-hybridized carbons (Fsp3) is 0.647. The molecular weight excluding hydrogens is 240 g/mol. The number of hydrogen-bond acceptors (Lipinski definition) is 0. The van der Waals surface area contributed by atoms with Crippen LogP contribution in [0, 0.1) is 26.7 Å². The molecule has 1 atom stereocenters. The third-order valence-corrected chi connectivity index (χ3v) is 5.00. The van der Waals surface area contributed by atoms with Gasteiger partial charge >= 0.3 is 0 Å². The molecular formula is C17H25Cl. The molecule has 1 aromatic carbocycles. The summed E-state index contributed by atoms with van der Waals surface area (Å²) in [7, 11) is 0. The van der Waals surface area contributed by atoms with E-state index in [-0.39, 0.29) is 0 Å². The molecule has 1 aromatic rings. The lowest BCUT2D eigenvalue weighted by Gasteiger charge is -2.18. The highest BCUT2D eigenvalue weighted by Gasteiger charge is 2.23. The van der Waals surface area contributed by atoms with Gasteiger partial charge in [-0.05, 0) is 69.1 Å². The molecule has 2 rings (SSSR count). The molecule has 100 valence electrons. The van der Waals surface area contributed by atoms with Gasteiger partial charge in [0.05, 0.1) is 0 Å². The number of halogens is 1. The predicted octanol–water partition coefficient (Wildman–Crippen LogP) is 5.34. The van der Waals surface area contributed by atoms with Crippen molar-refractivity contribution in [2.45, 2.75) is 64.7 Å². The minimum absolute atomic E-state index is 0.382. The van der Waals surface area contributed by atoms with Crippen LogP contribution in [0.1, 0.15) is 54.4 Å². The first-order valence-corrected chi connectivity index (χ1v) is 7.72. The monoisotopic (exact) mass is 264 g/mol. The van der Waals surface area contributed by atoms with Crippen molar-refractivity contribution < 1.29 is 0 Å². The van der Waals surface area contributed by atoms with Crippen LogP contribution in [0.3, 0.4) is 0 Å². The van der Waals surface area contributed by atoms with Gasteiger partial charge in [-0.1, -0.05) is 30.5 Å². The van der Waals surface area contributed by atoms with Gasteiger partial charge in [0.2, 0.25) is 0 Å². The molecule has 1 aliphatic carbocycles. The summed E-state index contributed by atoms with van der Waals surface area (Å²) in [4.78, 5) is 0. The van der Waals surface area contributed by atoms with Crippen LogP contribution in [0.25, 0.3) is 0 Å². The van der Waals surface area contributed by atoms with Crippen LogP contribution < -0.4 is 0 Å². The molecule has 0 amide bonds. The molecule has 18 heavy (non-hydrogen) atoms. The van der Waals surface area contributed by atoms with E-state index in [2.05, 4.69) is 32.9 Å². The lowest BCUT2D eigenvalue weighted by atomic mass is 9.92. The summed E-state index contributed by atoms with van der Waals surface area (Å²) in [6.45, 7) is 6.63. The molecule has 0 bridgehead atoms. The smallest absolute Gasteiger partial charge is 0.0367 e. The quantitative estimate of drug-likeness (QED) is 0.644. The fourth-order valence-corrected chi connectivity index (χ4v) is 3.80. The van der Waals surface area contributed by atoms with E-state index in [1.165, 1.54) is 47.9 Å². The summed E-state index contributed by atoms with van der Waals surface area (Å²) in [6.07, 6.45) is 7.74. The van der Waals surface area contributed by atoms with Crippen LogP contribution in [0.2, 0.25) is 0 Å². The second kappa shape index (κ2) is 6.10. The van der Waals surface area contributed by atoms with Crippen molar-refractivity contribution in [1.82, 2.24) is 0 Å². The Kier molecular flexibility index (Phi) is 4.72. The van der Waals surface area contributed by atoms with Crippen LogP contribution in [0.5, 0.6) is 0 Å². The second-order valence-corrected chi connectivity index (χ2v) is 6.54. The zero-order valence-corrected chi connectivity index (χ0v) is 12.7. The van der Waals surface area contributed by atoms with E-state index in [0.717, 1.165) is 18.8 Å². The first-order valence-electron chi connectivity index (χ1n) is 7.28. The Morgan fingerprint density at radius 3 is 2.22 bits per heavy atom. The van der Waals surface area contributed by atoms with E-state index in [1.807, 2.05) is 0 Å². The average molecular weight is 265 g/mol. The van der Waals surface area contributed by atoms with Crippen LogP contribution in [0.4, 0.5) is 0 Å². The van der Waals surface area contributed by atoms with Crippen molar-refractivity contribution in [3.8, 4) is 0 Å². The van der Waals surface area contributed by atoms with Gasteiger partial charge < -0.3 is 0 Å². The highest BCUT2D eigenvalue weighted by atomic mass is 35.5. The van der Waals surface area contributed by atoms with Gasteiger partial charge in [0.1, 0.15) is 0 Å². The van der Waals surface area contributed by atoms with Gasteiger partial charge in [0.25, 0.3) is 0 Å². The van der Waals surface area contributed by atoms with Crippen molar-refractivity contribution in [1.29, 1.82) is 0 Å². The summed E-state index contributed by atoms with van der Waals surface area (Å²) in [6, 6.07) is 4.59. The van der Waals surface area contributed by atoms with Crippen molar-refractivity contribution >= 4 is 11.6 Å². The molecule has 1 heteroatoms. The van der Waals surface area contributed by atoms with E-state index >= 15 is 0 Å². The standard InChI is InChI=1S/C17H25Cl/c1-12-10-13(2)16(14(3)11-12)8-9-17(18)15-6-4-5-7-15/h10-11,15,17H,4-9H2,1-3H3. The number of hydrogen-bond donors (Lipinski definition) is 0. The summed E-state index contributed by atoms with van der Waals surface area (Å²) in [5.74, 6) is 0.776. The van der Waals surface area contributed by atoms with E-state index in [0.29, 0.717) is 5.38 Å². The minimum Gasteiger partial charge on any atom is -0.123 e. The molecule has 1 saturated carbocycles. The summed E-state index contributed by atoms with van der Waals surface area (Å²) in [5.41, 5.74) is 5.75. The maximum absolute atomic E-state index is 6.57. The van der Waals surface area contributed by atoms with Gasteiger partial charge in [0.15, 0.2) is 0 Å². The topological polar surface area (TPSA) is 0 Å². The minimum atomic E-state index is 0.382. The van der Waals surface area contributed by atoms with Gasteiger partial charge in [-0.2, -0.15) is 0 Å². The third kappa shape index (κ3) is 3.29. The number of aryl methyl sites for hydroxylation is 3. The molecule has 0 spiro atoms. The molecule has 0 aromatic heterocycles. The molecule has 0 radical (unpaired) electrons. The van der Waals surface area contributed by atoms with Crippen LogP contribution >= 0.6 is 11.6 Å². The van der Waals surface area contributed by atoms with Crippen LogP contribution in [0.15, 0.2) is 12.1 Å². The summed E-state index contributed by atoms with van der Waals surface area (Å²) >= 11 is 6.57. The number of alkyl halides is 1. The highest BCUT2D eigenvalue weighted by molar-refractivity contribution is 6.20. The second-order valence-electron chi connectivity index (χ2n) is 5.98. The first kappa shape index (κ1) is 13.9. The fourth-order valence-electron chi connectivity index (χ4n) is 3.44. The van der Waals surface area contributed by atoms with Crippen molar-refractivity contribution in [2.75, 3.05) is 0 Å². The van der Waals surface area contributed by atoms with Gasteiger partial charge in [-0.15, -0.1) is 11.6 Å². The van der Waals surface area contributed by atoms with Crippen LogP contribution in [-0.2, 0) is 6.42 Å². The number of rotatable bonds is 4. The van der Waals surface area contributed by atoms with Gasteiger partial charge in [-0.3, -0.25) is 0 Å². The lowest BCUT2D eigenvalue weighted by Crippen LogP contribution is -2.13. The summed E-state index contributed by atoms with van der Waals surface area (Å²) in [5, 5.41) is 0.382. The normalized spacial score (nSPS) is 18.2. The van der Waals surface area contributed by atoms with E-state index in [1.54, 1.807) is 0 Å². The molecule has 1 fully saturated rings. The molecule has 0 heterocycles. The van der Waals surface area contributed by atoms with E-state index < -0.39 is 0 Å². The van der Waals surface area contributed by atoms with Crippen molar-refractivity contribution in [3.05, 3.63) is 34.4 Å². The molecule has 1 unspecified atom stereocenters. The Morgan fingerprint density at radius 2 is 1.67 bits per heavy atom.